The zero-order valence-electron chi connectivity index (χ0n) is 15.3. The molecule has 7 nitrogen and oxygen atoms in total. The number of benzene rings is 2. The van der Waals surface area contributed by atoms with E-state index in [0.717, 1.165) is 29.0 Å². The molecule has 1 saturated heterocycles. The van der Waals surface area contributed by atoms with Gasteiger partial charge in [-0.1, -0.05) is 24.3 Å². The topological polar surface area (TPSA) is 89.3 Å². The summed E-state index contributed by atoms with van der Waals surface area (Å²) in [5, 5.41) is 10.7. The van der Waals surface area contributed by atoms with Gasteiger partial charge in [0.15, 0.2) is 5.17 Å². The number of nitrogens with one attached hydrogen (secondary N) is 1. The second-order valence-electron chi connectivity index (χ2n) is 5.73. The van der Waals surface area contributed by atoms with Crippen LogP contribution in [0.5, 0.6) is 5.75 Å². The summed E-state index contributed by atoms with van der Waals surface area (Å²) in [5.41, 5.74) is 1.65. The van der Waals surface area contributed by atoms with Gasteiger partial charge in [-0.3, -0.25) is 10.1 Å². The number of halogens is 1. The molecular formula is C20H16FN3O4S. The van der Waals surface area contributed by atoms with E-state index < -0.39 is 11.9 Å². The molecule has 148 valence electrons. The molecule has 0 aromatic heterocycles. The van der Waals surface area contributed by atoms with E-state index in [1.807, 2.05) is 24.3 Å². The highest BCUT2D eigenvalue weighted by atomic mass is 32.2. The number of carbonyl (C=O) groups is 2. The second-order valence-corrected chi connectivity index (χ2v) is 6.76. The van der Waals surface area contributed by atoms with E-state index in [1.54, 1.807) is 12.1 Å². The largest absolute Gasteiger partial charge is 0.489 e. The molecule has 1 amide bonds. The lowest BCUT2D eigenvalue weighted by Gasteiger charge is -2.06. The van der Waals surface area contributed by atoms with Crippen molar-refractivity contribution < 1.29 is 23.5 Å². The van der Waals surface area contributed by atoms with Crippen molar-refractivity contribution in [3.63, 3.8) is 0 Å². The summed E-state index contributed by atoms with van der Waals surface area (Å²) in [6.07, 6.45) is 2.61. The number of hydrogen-bond acceptors (Lipinski definition) is 7. The molecule has 0 aliphatic carbocycles. The Morgan fingerprint density at radius 1 is 1.24 bits per heavy atom. The molecule has 0 saturated carbocycles. The molecular weight excluding hydrogens is 397 g/mol. The predicted molar refractivity (Wildman–Crippen MR) is 108 cm³/mol. The molecule has 2 aromatic rings. The third-order valence-electron chi connectivity index (χ3n) is 3.61. The highest BCUT2D eigenvalue weighted by Gasteiger charge is 2.24. The van der Waals surface area contributed by atoms with E-state index in [2.05, 4.69) is 20.3 Å². The molecule has 9 heteroatoms. The van der Waals surface area contributed by atoms with Crippen LogP contribution in [0.3, 0.4) is 0 Å². The molecule has 2 aromatic carbocycles. The lowest BCUT2D eigenvalue weighted by Crippen LogP contribution is -2.19. The van der Waals surface area contributed by atoms with Gasteiger partial charge in [0.05, 0.1) is 18.2 Å². The maximum absolute atomic E-state index is 13.2. The number of ether oxygens (including phenoxy) is 2. The van der Waals surface area contributed by atoms with Crippen LogP contribution in [0.2, 0.25) is 0 Å². The predicted octanol–water partition coefficient (Wildman–Crippen LogP) is 3.01. The summed E-state index contributed by atoms with van der Waals surface area (Å²) >= 11 is 0.993. The molecule has 0 radical (unpaired) electrons. The van der Waals surface area contributed by atoms with E-state index >= 15 is 0 Å². The second kappa shape index (κ2) is 9.65. The number of esters is 1. The van der Waals surface area contributed by atoms with Gasteiger partial charge in [-0.2, -0.15) is 5.10 Å². The first-order chi connectivity index (χ1) is 14.0. The number of methoxy groups -OCH3 is 1. The number of rotatable bonds is 6. The van der Waals surface area contributed by atoms with Crippen molar-refractivity contribution in [3.05, 3.63) is 76.5 Å². The Bertz CT molecular complexity index is 1020. The van der Waals surface area contributed by atoms with Gasteiger partial charge >= 0.3 is 5.97 Å². The monoisotopic (exact) mass is 413 g/mol. The van der Waals surface area contributed by atoms with Crippen LogP contribution in [0.25, 0.3) is 0 Å². The third-order valence-corrected chi connectivity index (χ3v) is 4.51. The van der Waals surface area contributed by atoms with E-state index in [1.165, 1.54) is 25.5 Å². The summed E-state index contributed by atoms with van der Waals surface area (Å²) in [7, 11) is 1.23. The molecule has 1 N–H and O–H groups in total. The summed E-state index contributed by atoms with van der Waals surface area (Å²) in [6, 6.07) is 13.3. The molecule has 0 spiro atoms. The van der Waals surface area contributed by atoms with Crippen molar-refractivity contribution in [3.8, 4) is 5.75 Å². The summed E-state index contributed by atoms with van der Waals surface area (Å²) < 4.78 is 23.3. The Morgan fingerprint density at radius 2 is 2.07 bits per heavy atom. The minimum atomic E-state index is -0.621. The normalized spacial score (nSPS) is 16.4. The molecule has 1 heterocycles. The van der Waals surface area contributed by atoms with E-state index in [4.69, 9.17) is 4.74 Å². The first-order valence-corrected chi connectivity index (χ1v) is 9.22. The van der Waals surface area contributed by atoms with Crippen LogP contribution in [-0.2, 0) is 20.9 Å². The van der Waals surface area contributed by atoms with Crippen LogP contribution < -0.4 is 10.1 Å². The van der Waals surface area contributed by atoms with E-state index in [-0.39, 0.29) is 22.5 Å². The molecule has 1 aliphatic heterocycles. The Kier molecular flexibility index (Phi) is 6.75. The first kappa shape index (κ1) is 20.3. The summed E-state index contributed by atoms with van der Waals surface area (Å²) in [4.78, 5) is 23.1. The summed E-state index contributed by atoms with van der Waals surface area (Å²) in [6.45, 7) is 0.271. The SMILES string of the molecule is COC(=O)/C=C1/S/C(=N\N=Cc2cccc(COc3cccc(F)c3)c2)NC1=O. The number of amidine groups is 1. The van der Waals surface area contributed by atoms with Crippen molar-refractivity contribution in [2.24, 2.45) is 10.2 Å². The van der Waals surface area contributed by atoms with Gasteiger partial charge in [0.25, 0.3) is 5.91 Å². The molecule has 0 atom stereocenters. The lowest BCUT2D eigenvalue weighted by molar-refractivity contribution is -0.135. The Hall–Kier alpha value is -3.46. The highest BCUT2D eigenvalue weighted by molar-refractivity contribution is 8.18. The van der Waals surface area contributed by atoms with Crippen molar-refractivity contribution in [1.82, 2.24) is 5.32 Å². The van der Waals surface area contributed by atoms with Gasteiger partial charge in [-0.25, -0.2) is 9.18 Å². The molecule has 0 unspecified atom stereocenters. The lowest BCUT2D eigenvalue weighted by atomic mass is 10.1. The van der Waals surface area contributed by atoms with E-state index in [0.29, 0.717) is 5.75 Å². The third kappa shape index (κ3) is 6.01. The van der Waals surface area contributed by atoms with Gasteiger partial charge in [0, 0.05) is 12.1 Å². The molecule has 0 bridgehead atoms. The van der Waals surface area contributed by atoms with Crippen LogP contribution in [0.4, 0.5) is 4.39 Å². The van der Waals surface area contributed by atoms with Gasteiger partial charge < -0.3 is 9.47 Å². The number of carbonyl (C=O) groups excluding carboxylic acids is 2. The minimum Gasteiger partial charge on any atom is -0.489 e. The minimum absolute atomic E-state index is 0.183. The Morgan fingerprint density at radius 3 is 2.86 bits per heavy atom. The first-order valence-electron chi connectivity index (χ1n) is 8.40. The Balaban J connectivity index is 1.60. The van der Waals surface area contributed by atoms with Gasteiger partial charge in [0.1, 0.15) is 18.2 Å². The van der Waals surface area contributed by atoms with Crippen LogP contribution >= 0.6 is 11.8 Å². The van der Waals surface area contributed by atoms with Crippen LogP contribution in [0, 0.1) is 5.82 Å². The highest BCUT2D eigenvalue weighted by Crippen LogP contribution is 2.23. The van der Waals surface area contributed by atoms with Gasteiger partial charge in [0.2, 0.25) is 0 Å². The van der Waals surface area contributed by atoms with E-state index in [9.17, 15) is 14.0 Å². The van der Waals surface area contributed by atoms with Crippen molar-refractivity contribution in [2.75, 3.05) is 7.11 Å². The molecule has 3 rings (SSSR count). The quantitative estimate of drug-likeness (QED) is 0.340. The zero-order chi connectivity index (χ0) is 20.6. The molecule has 1 fully saturated rings. The zero-order valence-corrected chi connectivity index (χ0v) is 16.1. The molecule has 29 heavy (non-hydrogen) atoms. The van der Waals surface area contributed by atoms with Crippen molar-refractivity contribution in [2.45, 2.75) is 6.61 Å². The fraction of sp³-hybridized carbons (Fsp3) is 0.100. The number of hydrogen-bond donors (Lipinski definition) is 1. The maximum Gasteiger partial charge on any atom is 0.331 e. The van der Waals surface area contributed by atoms with Crippen molar-refractivity contribution >= 4 is 35.0 Å². The average molecular weight is 413 g/mol. The number of nitrogens with zero attached hydrogens (tertiary/aromatic N) is 2. The van der Waals surface area contributed by atoms with Crippen LogP contribution in [-0.4, -0.2) is 30.4 Å². The average Bonchev–Trinajstić information content (AvgIpc) is 3.06. The van der Waals surface area contributed by atoms with Crippen LogP contribution in [0.1, 0.15) is 11.1 Å². The smallest absolute Gasteiger partial charge is 0.331 e. The van der Waals surface area contributed by atoms with Crippen LogP contribution in [0.15, 0.2) is 69.7 Å². The van der Waals surface area contributed by atoms with Gasteiger partial charge in [-0.05, 0) is 41.1 Å². The number of thioether (sulfide) groups is 1. The fourth-order valence-electron chi connectivity index (χ4n) is 2.28. The molecule has 1 aliphatic rings. The van der Waals surface area contributed by atoms with Gasteiger partial charge in [-0.15, -0.1) is 5.10 Å². The number of amides is 1. The fourth-order valence-corrected chi connectivity index (χ4v) is 3.01. The van der Waals surface area contributed by atoms with Crippen molar-refractivity contribution in [1.29, 1.82) is 0 Å². The maximum atomic E-state index is 13.2. The summed E-state index contributed by atoms with van der Waals surface area (Å²) in [5.74, 6) is -0.972. The Labute approximate surface area is 170 Å². The standard InChI is InChI=1S/C20H16FN3O4S/c1-27-18(25)10-17-19(26)23-20(29-17)24-22-11-13-4-2-5-14(8-13)12-28-16-7-3-6-15(21)9-16/h2-11H,12H2,1H3,(H,23,24,26)/b17-10+,22-11?.